The number of nitrogens with zero attached hydrogens (tertiary/aromatic N) is 2. The van der Waals surface area contributed by atoms with E-state index < -0.39 is 5.97 Å². The van der Waals surface area contributed by atoms with Crippen LogP contribution in [-0.4, -0.2) is 40.7 Å². The van der Waals surface area contributed by atoms with E-state index in [0.29, 0.717) is 0 Å². The van der Waals surface area contributed by atoms with Crippen LogP contribution in [0.25, 0.3) is 10.8 Å². The molecule has 0 bridgehead atoms. The summed E-state index contributed by atoms with van der Waals surface area (Å²) in [6.45, 7) is 1.95. The Bertz CT molecular complexity index is 637. The molecule has 5 heteroatoms. The molecule has 0 atom stereocenters. The van der Waals surface area contributed by atoms with Crippen LogP contribution in [0.5, 0.6) is 0 Å². The van der Waals surface area contributed by atoms with E-state index in [9.17, 15) is 9.90 Å². The Labute approximate surface area is 121 Å². The minimum Gasteiger partial charge on any atom is -0.478 e. The van der Waals surface area contributed by atoms with E-state index in [1.807, 2.05) is 36.0 Å². The summed E-state index contributed by atoms with van der Waals surface area (Å²) in [4.78, 5) is 18.0. The van der Waals surface area contributed by atoms with Crippen LogP contribution in [0, 0.1) is 0 Å². The molecule has 1 N–H and O–H groups in total. The molecule has 0 radical (unpaired) electrons. The van der Waals surface area contributed by atoms with Crippen LogP contribution in [0.1, 0.15) is 16.8 Å². The number of carbonyl (C=O) groups is 1. The number of hydrogen-bond acceptors (Lipinski definition) is 4. The summed E-state index contributed by atoms with van der Waals surface area (Å²) in [5.41, 5.74) is 0.272. The first-order chi connectivity index (χ1) is 9.77. The average molecular weight is 288 g/mol. The highest BCUT2D eigenvalue weighted by Crippen LogP contribution is 2.28. The minimum atomic E-state index is -0.924. The van der Waals surface area contributed by atoms with Crippen molar-refractivity contribution in [3.05, 3.63) is 36.0 Å². The highest BCUT2D eigenvalue weighted by Gasteiger charge is 2.17. The van der Waals surface area contributed by atoms with Gasteiger partial charge in [-0.2, -0.15) is 11.8 Å². The molecule has 3 rings (SSSR count). The second-order valence-corrected chi connectivity index (χ2v) is 6.02. The molecule has 0 amide bonds. The largest absolute Gasteiger partial charge is 0.478 e. The molecule has 1 saturated heterocycles. The molecule has 104 valence electrons. The van der Waals surface area contributed by atoms with Gasteiger partial charge in [-0.25, -0.2) is 9.78 Å². The predicted octanol–water partition coefficient (Wildman–Crippen LogP) is 2.88. The van der Waals surface area contributed by atoms with Crippen molar-refractivity contribution in [3.8, 4) is 0 Å². The first-order valence-corrected chi connectivity index (χ1v) is 7.86. The predicted molar refractivity (Wildman–Crippen MR) is 82.9 cm³/mol. The molecule has 0 unspecified atom stereocenters. The number of carboxylic acids is 1. The molecule has 1 fully saturated rings. The number of hydrogen-bond donors (Lipinski definition) is 1. The van der Waals surface area contributed by atoms with Crippen LogP contribution in [0.3, 0.4) is 0 Å². The minimum absolute atomic E-state index is 0.272. The van der Waals surface area contributed by atoms with Gasteiger partial charge >= 0.3 is 5.97 Å². The van der Waals surface area contributed by atoms with Gasteiger partial charge in [0.05, 0.1) is 5.56 Å². The molecule has 2 heterocycles. The van der Waals surface area contributed by atoms with Gasteiger partial charge in [-0.05, 0) is 12.2 Å². The molecule has 20 heavy (non-hydrogen) atoms. The number of pyridine rings is 1. The summed E-state index contributed by atoms with van der Waals surface area (Å²) in [6.07, 6.45) is 2.62. The standard InChI is InChI=1S/C15H16N2O2S/c18-15(19)13-10-16-14(12-5-2-1-4-11(12)13)17-6-3-8-20-9-7-17/h1-2,4-5,10H,3,6-9H2,(H,18,19). The van der Waals surface area contributed by atoms with Crippen LogP contribution in [-0.2, 0) is 0 Å². The lowest BCUT2D eigenvalue weighted by atomic mass is 10.1. The van der Waals surface area contributed by atoms with E-state index in [1.165, 1.54) is 11.9 Å². The number of rotatable bonds is 2. The van der Waals surface area contributed by atoms with Crippen molar-refractivity contribution in [3.63, 3.8) is 0 Å². The van der Waals surface area contributed by atoms with Crippen LogP contribution < -0.4 is 4.90 Å². The van der Waals surface area contributed by atoms with Crippen LogP contribution in [0.2, 0.25) is 0 Å². The first-order valence-electron chi connectivity index (χ1n) is 6.71. The number of aromatic nitrogens is 1. The molecule has 1 aromatic carbocycles. The number of aromatic carboxylic acids is 1. The number of thioether (sulfide) groups is 1. The molecular formula is C15H16N2O2S. The number of fused-ring (bicyclic) bond motifs is 1. The van der Waals surface area contributed by atoms with Crippen molar-refractivity contribution in [1.29, 1.82) is 0 Å². The fourth-order valence-electron chi connectivity index (χ4n) is 2.56. The zero-order valence-corrected chi connectivity index (χ0v) is 11.9. The maximum Gasteiger partial charge on any atom is 0.337 e. The number of benzene rings is 1. The van der Waals surface area contributed by atoms with Gasteiger partial charge in [0.2, 0.25) is 0 Å². The molecule has 1 aromatic heterocycles. The fraction of sp³-hybridized carbons (Fsp3) is 0.333. The van der Waals surface area contributed by atoms with Gasteiger partial charge in [-0.1, -0.05) is 24.3 Å². The molecule has 2 aromatic rings. The molecule has 4 nitrogen and oxygen atoms in total. The van der Waals surface area contributed by atoms with Crippen LogP contribution in [0.15, 0.2) is 30.5 Å². The van der Waals surface area contributed by atoms with E-state index in [-0.39, 0.29) is 5.56 Å². The first kappa shape index (κ1) is 13.2. The molecule has 1 aliphatic rings. The number of carboxylic acid groups (broad SMARTS) is 1. The van der Waals surface area contributed by atoms with Gasteiger partial charge in [0.1, 0.15) is 5.82 Å². The van der Waals surface area contributed by atoms with Gasteiger partial charge < -0.3 is 10.0 Å². The zero-order valence-electron chi connectivity index (χ0n) is 11.1. The Hall–Kier alpha value is -1.75. The monoisotopic (exact) mass is 288 g/mol. The third-order valence-corrected chi connectivity index (χ3v) is 4.57. The second-order valence-electron chi connectivity index (χ2n) is 4.80. The maximum atomic E-state index is 11.3. The van der Waals surface area contributed by atoms with Gasteiger partial charge in [-0.15, -0.1) is 0 Å². The van der Waals surface area contributed by atoms with Crippen molar-refractivity contribution >= 4 is 34.3 Å². The third-order valence-electron chi connectivity index (χ3n) is 3.53. The summed E-state index contributed by atoms with van der Waals surface area (Å²) in [7, 11) is 0. The third kappa shape index (κ3) is 2.45. The summed E-state index contributed by atoms with van der Waals surface area (Å²) < 4.78 is 0. The number of anilines is 1. The molecule has 0 saturated carbocycles. The molecule has 0 aliphatic carbocycles. The fourth-order valence-corrected chi connectivity index (χ4v) is 3.44. The second kappa shape index (κ2) is 5.71. The lowest BCUT2D eigenvalue weighted by Crippen LogP contribution is -2.26. The smallest absolute Gasteiger partial charge is 0.337 e. The molecule has 0 spiro atoms. The van der Waals surface area contributed by atoms with Gasteiger partial charge in [0.15, 0.2) is 0 Å². The van der Waals surface area contributed by atoms with Gasteiger partial charge in [-0.3, -0.25) is 0 Å². The summed E-state index contributed by atoms with van der Waals surface area (Å²) >= 11 is 1.96. The summed E-state index contributed by atoms with van der Waals surface area (Å²) in [6, 6.07) is 7.63. The van der Waals surface area contributed by atoms with Crippen molar-refractivity contribution in [1.82, 2.24) is 4.98 Å². The summed E-state index contributed by atoms with van der Waals surface area (Å²) in [5.74, 6) is 2.26. The Balaban J connectivity index is 2.12. The Morgan fingerprint density at radius 1 is 1.20 bits per heavy atom. The van der Waals surface area contributed by atoms with E-state index in [0.717, 1.165) is 41.9 Å². The van der Waals surface area contributed by atoms with Crippen molar-refractivity contribution in [2.45, 2.75) is 6.42 Å². The quantitative estimate of drug-likeness (QED) is 0.921. The maximum absolute atomic E-state index is 11.3. The SMILES string of the molecule is O=C(O)c1cnc(N2CCCSCC2)c2ccccc12. The van der Waals surface area contributed by atoms with E-state index >= 15 is 0 Å². The Morgan fingerprint density at radius 3 is 2.80 bits per heavy atom. The van der Waals surface area contributed by atoms with Crippen LogP contribution in [0.4, 0.5) is 5.82 Å². The van der Waals surface area contributed by atoms with Gasteiger partial charge in [0, 0.05) is 35.8 Å². The summed E-state index contributed by atoms with van der Waals surface area (Å²) in [5, 5.41) is 11.0. The molecular weight excluding hydrogens is 272 g/mol. The highest BCUT2D eigenvalue weighted by atomic mass is 32.2. The lowest BCUT2D eigenvalue weighted by Gasteiger charge is -2.23. The Morgan fingerprint density at radius 2 is 2.00 bits per heavy atom. The van der Waals surface area contributed by atoms with Crippen LogP contribution >= 0.6 is 11.8 Å². The van der Waals surface area contributed by atoms with Gasteiger partial charge in [0.25, 0.3) is 0 Å². The van der Waals surface area contributed by atoms with Crippen molar-refractivity contribution < 1.29 is 9.90 Å². The normalized spacial score (nSPS) is 16.1. The average Bonchev–Trinajstić information content (AvgIpc) is 2.75. The Kier molecular flexibility index (Phi) is 3.78. The van der Waals surface area contributed by atoms with Crippen molar-refractivity contribution in [2.24, 2.45) is 0 Å². The highest BCUT2D eigenvalue weighted by molar-refractivity contribution is 7.99. The van der Waals surface area contributed by atoms with E-state index in [1.54, 1.807) is 0 Å². The lowest BCUT2D eigenvalue weighted by molar-refractivity contribution is 0.0698. The van der Waals surface area contributed by atoms with E-state index in [4.69, 9.17) is 0 Å². The zero-order chi connectivity index (χ0) is 13.9. The molecule has 1 aliphatic heterocycles. The van der Waals surface area contributed by atoms with E-state index in [2.05, 4.69) is 9.88 Å². The topological polar surface area (TPSA) is 53.4 Å². The van der Waals surface area contributed by atoms with Crippen molar-refractivity contribution in [2.75, 3.05) is 29.5 Å².